The van der Waals surface area contributed by atoms with Gasteiger partial charge in [0, 0.05) is 17.3 Å². The van der Waals surface area contributed by atoms with Crippen molar-refractivity contribution in [2.24, 2.45) is 0 Å². The number of hydrogen-bond acceptors (Lipinski definition) is 4. The summed E-state index contributed by atoms with van der Waals surface area (Å²) in [5.41, 5.74) is 1.29. The van der Waals surface area contributed by atoms with Crippen LogP contribution < -0.4 is 10.1 Å². The van der Waals surface area contributed by atoms with Crippen molar-refractivity contribution in [2.45, 2.75) is 11.4 Å². The van der Waals surface area contributed by atoms with Crippen LogP contribution in [0.2, 0.25) is 0 Å². The van der Waals surface area contributed by atoms with Crippen LogP contribution in [0.15, 0.2) is 51.8 Å². The highest BCUT2D eigenvalue weighted by atomic mass is 32.2. The molecule has 0 aliphatic rings. The van der Waals surface area contributed by atoms with Crippen LogP contribution >= 0.6 is 0 Å². The molecule has 0 saturated heterocycles. The summed E-state index contributed by atoms with van der Waals surface area (Å²) in [5.74, 6) is 0.907. The van der Waals surface area contributed by atoms with Gasteiger partial charge in [-0.25, -0.2) is 4.39 Å². The molecule has 0 saturated carbocycles. The molecule has 23 heavy (non-hydrogen) atoms. The predicted octanol–water partition coefficient (Wildman–Crippen LogP) is 3.93. The molecule has 0 aliphatic carbocycles. The Hall–Kier alpha value is -2.34. The van der Waals surface area contributed by atoms with Crippen molar-refractivity contribution in [3.05, 3.63) is 54.0 Å². The van der Waals surface area contributed by atoms with Crippen molar-refractivity contribution < 1.29 is 17.8 Å². The second-order valence-electron chi connectivity index (χ2n) is 5.04. The molecule has 3 aromatic rings. The van der Waals surface area contributed by atoms with E-state index in [1.54, 1.807) is 13.2 Å². The standard InChI is InChI=1S/C17H16FNO3S/c1-21-15-5-3-4-11-8-13(22-17(11)15)10-19-12-6-7-16(23(2)20)14(18)9-12/h3-9,19H,10H2,1-2H3/t23-/m0/s1. The summed E-state index contributed by atoms with van der Waals surface area (Å²) in [6, 6.07) is 12.1. The van der Waals surface area contributed by atoms with Crippen molar-refractivity contribution in [1.29, 1.82) is 0 Å². The zero-order valence-electron chi connectivity index (χ0n) is 12.8. The van der Waals surface area contributed by atoms with E-state index in [4.69, 9.17) is 9.15 Å². The van der Waals surface area contributed by atoms with E-state index < -0.39 is 16.6 Å². The lowest BCUT2D eigenvalue weighted by atomic mass is 10.2. The molecule has 0 fully saturated rings. The van der Waals surface area contributed by atoms with E-state index >= 15 is 0 Å². The molecule has 0 amide bonds. The van der Waals surface area contributed by atoms with E-state index in [0.29, 0.717) is 29.3 Å². The van der Waals surface area contributed by atoms with Gasteiger partial charge in [0.1, 0.15) is 11.6 Å². The van der Waals surface area contributed by atoms with Crippen molar-refractivity contribution >= 4 is 27.5 Å². The maximum atomic E-state index is 13.8. The molecule has 120 valence electrons. The Labute approximate surface area is 135 Å². The molecular formula is C17H16FNO3S. The van der Waals surface area contributed by atoms with Crippen LogP contribution in [0.25, 0.3) is 11.0 Å². The van der Waals surface area contributed by atoms with Gasteiger partial charge in [-0.3, -0.25) is 4.21 Å². The summed E-state index contributed by atoms with van der Waals surface area (Å²) in [7, 11) is 0.256. The van der Waals surface area contributed by atoms with Crippen LogP contribution in [0, 0.1) is 5.82 Å². The van der Waals surface area contributed by atoms with Gasteiger partial charge < -0.3 is 14.5 Å². The molecule has 0 aliphatic heterocycles. The van der Waals surface area contributed by atoms with Gasteiger partial charge in [0.2, 0.25) is 0 Å². The van der Waals surface area contributed by atoms with Gasteiger partial charge in [0.05, 0.1) is 29.3 Å². The second-order valence-corrected chi connectivity index (χ2v) is 6.39. The molecule has 1 heterocycles. The monoisotopic (exact) mass is 333 g/mol. The van der Waals surface area contributed by atoms with Gasteiger partial charge in [-0.2, -0.15) is 0 Å². The first-order valence-corrected chi connectivity index (χ1v) is 8.56. The highest BCUT2D eigenvalue weighted by Gasteiger charge is 2.10. The Bertz CT molecular complexity index is 875. The molecule has 0 radical (unpaired) electrons. The van der Waals surface area contributed by atoms with Crippen LogP contribution in [0.3, 0.4) is 0 Å². The van der Waals surface area contributed by atoms with Crippen molar-refractivity contribution in [3.63, 3.8) is 0 Å². The molecule has 4 nitrogen and oxygen atoms in total. The van der Waals surface area contributed by atoms with Crippen molar-refractivity contribution in [2.75, 3.05) is 18.7 Å². The fraction of sp³-hybridized carbons (Fsp3) is 0.176. The predicted molar refractivity (Wildman–Crippen MR) is 88.8 cm³/mol. The summed E-state index contributed by atoms with van der Waals surface area (Å²) in [6.45, 7) is 0.409. The number of nitrogens with one attached hydrogen (secondary N) is 1. The molecule has 0 unspecified atom stereocenters. The fourth-order valence-corrected chi connectivity index (χ4v) is 2.96. The molecule has 0 spiro atoms. The second kappa shape index (κ2) is 6.42. The average Bonchev–Trinajstić information content (AvgIpc) is 2.95. The number of halogens is 1. The van der Waals surface area contributed by atoms with Gasteiger partial charge >= 0.3 is 0 Å². The smallest absolute Gasteiger partial charge is 0.176 e. The van der Waals surface area contributed by atoms with E-state index in [9.17, 15) is 8.60 Å². The van der Waals surface area contributed by atoms with Gasteiger partial charge in [0.25, 0.3) is 0 Å². The number of rotatable bonds is 5. The normalized spacial score (nSPS) is 12.3. The van der Waals surface area contributed by atoms with E-state index in [0.717, 1.165) is 5.39 Å². The molecule has 2 aromatic carbocycles. The Morgan fingerprint density at radius 3 is 2.78 bits per heavy atom. The lowest BCUT2D eigenvalue weighted by molar-refractivity contribution is 0.408. The zero-order chi connectivity index (χ0) is 16.4. The largest absolute Gasteiger partial charge is 0.493 e. The van der Waals surface area contributed by atoms with Crippen molar-refractivity contribution in [1.82, 2.24) is 0 Å². The lowest BCUT2D eigenvalue weighted by Gasteiger charge is -2.06. The molecule has 6 heteroatoms. The number of hydrogen-bond donors (Lipinski definition) is 1. The number of anilines is 1. The SMILES string of the molecule is COc1cccc2cc(CNc3ccc([S@](C)=O)c(F)c3)oc12. The number of ether oxygens (including phenoxy) is 1. The number of para-hydroxylation sites is 1. The molecule has 1 aromatic heterocycles. The Morgan fingerprint density at radius 1 is 1.26 bits per heavy atom. The third-order valence-electron chi connectivity index (χ3n) is 3.49. The minimum Gasteiger partial charge on any atom is -0.493 e. The van der Waals surface area contributed by atoms with Crippen molar-refractivity contribution in [3.8, 4) is 5.75 Å². The van der Waals surface area contributed by atoms with Crippen LogP contribution in [0.1, 0.15) is 5.76 Å². The Morgan fingerprint density at radius 2 is 2.09 bits per heavy atom. The number of furan rings is 1. The number of fused-ring (bicyclic) bond motifs is 1. The number of methoxy groups -OCH3 is 1. The minimum absolute atomic E-state index is 0.198. The summed E-state index contributed by atoms with van der Waals surface area (Å²) in [6.07, 6.45) is 1.45. The van der Waals surface area contributed by atoms with Crippen LogP contribution in [-0.4, -0.2) is 17.6 Å². The Balaban J connectivity index is 1.78. The molecule has 1 N–H and O–H groups in total. The number of benzene rings is 2. The molecule has 1 atom stereocenters. The minimum atomic E-state index is -1.34. The quantitative estimate of drug-likeness (QED) is 0.769. The highest BCUT2D eigenvalue weighted by molar-refractivity contribution is 7.84. The Kier molecular flexibility index (Phi) is 4.34. The lowest BCUT2D eigenvalue weighted by Crippen LogP contribution is -2.00. The van der Waals surface area contributed by atoms with Gasteiger partial charge in [-0.05, 0) is 30.3 Å². The maximum Gasteiger partial charge on any atom is 0.176 e. The summed E-state index contributed by atoms with van der Waals surface area (Å²) >= 11 is 0. The molecular weight excluding hydrogens is 317 g/mol. The van der Waals surface area contributed by atoms with E-state index in [1.165, 1.54) is 18.4 Å². The average molecular weight is 333 g/mol. The first-order valence-electron chi connectivity index (χ1n) is 7.01. The van der Waals surface area contributed by atoms with Gasteiger partial charge in [-0.1, -0.05) is 12.1 Å². The highest BCUT2D eigenvalue weighted by Crippen LogP contribution is 2.28. The molecule has 3 rings (SSSR count). The maximum absolute atomic E-state index is 13.8. The van der Waals surface area contributed by atoms with E-state index in [-0.39, 0.29) is 4.90 Å². The van der Waals surface area contributed by atoms with Crippen LogP contribution in [-0.2, 0) is 17.3 Å². The fourth-order valence-electron chi connectivity index (χ4n) is 2.37. The van der Waals surface area contributed by atoms with Crippen LogP contribution in [0.5, 0.6) is 5.75 Å². The van der Waals surface area contributed by atoms with Crippen LogP contribution in [0.4, 0.5) is 10.1 Å². The zero-order valence-corrected chi connectivity index (χ0v) is 13.6. The summed E-state index contributed by atoms with van der Waals surface area (Å²) < 4.78 is 36.2. The molecule has 0 bridgehead atoms. The van der Waals surface area contributed by atoms with Gasteiger partial charge in [-0.15, -0.1) is 0 Å². The third-order valence-corrected chi connectivity index (χ3v) is 4.44. The van der Waals surface area contributed by atoms with Gasteiger partial charge in [0.15, 0.2) is 11.3 Å². The van der Waals surface area contributed by atoms with E-state index in [2.05, 4.69) is 5.32 Å². The first kappa shape index (κ1) is 15.6. The van der Waals surface area contributed by atoms with E-state index in [1.807, 2.05) is 24.3 Å². The summed E-state index contributed by atoms with van der Waals surface area (Å²) in [4.78, 5) is 0.198. The topological polar surface area (TPSA) is 51.5 Å². The third kappa shape index (κ3) is 3.22. The first-order chi connectivity index (χ1) is 11.1. The summed E-state index contributed by atoms with van der Waals surface area (Å²) in [5, 5.41) is 4.04.